The maximum absolute atomic E-state index is 10.6. The molecule has 104 valence electrons. The van der Waals surface area contributed by atoms with E-state index in [2.05, 4.69) is 11.8 Å². The standard InChI is InChI=1S/C19H16O2/c20-19(21)13-7-12-18(17-10-5-2-6-11-17)15-14-16-8-3-1-4-9-16/h1-6,8-12H,7,13H2,(H,20,21)/b18-12+. The van der Waals surface area contributed by atoms with Crippen molar-refractivity contribution in [2.24, 2.45) is 0 Å². The van der Waals surface area contributed by atoms with Gasteiger partial charge in [0.25, 0.3) is 0 Å². The Hall–Kier alpha value is -2.79. The molecule has 0 bridgehead atoms. The van der Waals surface area contributed by atoms with E-state index in [-0.39, 0.29) is 6.42 Å². The molecule has 2 rings (SSSR count). The van der Waals surface area contributed by atoms with E-state index in [1.807, 2.05) is 66.7 Å². The lowest BCUT2D eigenvalue weighted by molar-refractivity contribution is -0.136. The fourth-order valence-corrected chi connectivity index (χ4v) is 1.86. The summed E-state index contributed by atoms with van der Waals surface area (Å²) >= 11 is 0. The highest BCUT2D eigenvalue weighted by Gasteiger charge is 1.99. The Morgan fingerprint density at radius 2 is 1.62 bits per heavy atom. The maximum atomic E-state index is 10.6. The molecule has 0 heterocycles. The van der Waals surface area contributed by atoms with E-state index in [9.17, 15) is 4.79 Å². The van der Waals surface area contributed by atoms with Crippen molar-refractivity contribution >= 4 is 11.5 Å². The Kier molecular flexibility index (Phi) is 5.37. The highest BCUT2D eigenvalue weighted by molar-refractivity contribution is 5.80. The zero-order valence-electron chi connectivity index (χ0n) is 11.6. The van der Waals surface area contributed by atoms with Gasteiger partial charge in [-0.15, -0.1) is 0 Å². The lowest BCUT2D eigenvalue weighted by atomic mass is 10.0. The molecule has 0 unspecified atom stereocenters. The summed E-state index contributed by atoms with van der Waals surface area (Å²) in [6.45, 7) is 0. The summed E-state index contributed by atoms with van der Waals surface area (Å²) < 4.78 is 0. The first-order valence-electron chi connectivity index (χ1n) is 6.80. The first-order valence-corrected chi connectivity index (χ1v) is 6.80. The Labute approximate surface area is 124 Å². The van der Waals surface area contributed by atoms with E-state index in [0.29, 0.717) is 6.42 Å². The zero-order valence-corrected chi connectivity index (χ0v) is 11.6. The first-order chi connectivity index (χ1) is 10.3. The summed E-state index contributed by atoms with van der Waals surface area (Å²) in [5.74, 6) is 5.46. The number of hydrogen-bond donors (Lipinski definition) is 1. The van der Waals surface area contributed by atoms with E-state index < -0.39 is 5.97 Å². The quantitative estimate of drug-likeness (QED) is 0.857. The Morgan fingerprint density at radius 3 is 2.24 bits per heavy atom. The molecule has 0 radical (unpaired) electrons. The van der Waals surface area contributed by atoms with Gasteiger partial charge in [0.2, 0.25) is 0 Å². The van der Waals surface area contributed by atoms with Crippen molar-refractivity contribution in [3.8, 4) is 11.8 Å². The molecule has 0 atom stereocenters. The minimum atomic E-state index is -0.797. The van der Waals surface area contributed by atoms with E-state index in [1.165, 1.54) is 0 Å². The molecule has 2 aromatic carbocycles. The molecule has 0 amide bonds. The molecular weight excluding hydrogens is 260 g/mol. The number of allylic oxidation sites excluding steroid dienone is 2. The van der Waals surface area contributed by atoms with E-state index in [0.717, 1.165) is 16.7 Å². The van der Waals surface area contributed by atoms with Gasteiger partial charge in [-0.3, -0.25) is 4.79 Å². The molecular formula is C19H16O2. The number of hydrogen-bond acceptors (Lipinski definition) is 1. The van der Waals surface area contributed by atoms with E-state index in [1.54, 1.807) is 0 Å². The third kappa shape index (κ3) is 5.00. The van der Waals surface area contributed by atoms with Crippen LogP contribution in [0.25, 0.3) is 5.57 Å². The molecule has 0 aliphatic carbocycles. The summed E-state index contributed by atoms with van der Waals surface area (Å²) in [4.78, 5) is 10.6. The molecule has 0 aliphatic rings. The van der Waals surface area contributed by atoms with Crippen LogP contribution in [0.5, 0.6) is 0 Å². The van der Waals surface area contributed by atoms with Crippen LogP contribution in [0.4, 0.5) is 0 Å². The van der Waals surface area contributed by atoms with Crippen molar-refractivity contribution in [1.29, 1.82) is 0 Å². The fraction of sp³-hybridized carbons (Fsp3) is 0.105. The van der Waals surface area contributed by atoms with Gasteiger partial charge in [-0.25, -0.2) is 0 Å². The van der Waals surface area contributed by atoms with Crippen LogP contribution in [0.1, 0.15) is 24.0 Å². The lowest BCUT2D eigenvalue weighted by Crippen LogP contribution is -1.92. The average molecular weight is 276 g/mol. The predicted molar refractivity (Wildman–Crippen MR) is 84.6 cm³/mol. The van der Waals surface area contributed by atoms with Gasteiger partial charge in [-0.2, -0.15) is 0 Å². The van der Waals surface area contributed by atoms with Gasteiger partial charge in [-0.1, -0.05) is 66.4 Å². The van der Waals surface area contributed by atoms with Gasteiger partial charge in [0.15, 0.2) is 0 Å². The second-order valence-electron chi connectivity index (χ2n) is 4.53. The molecule has 2 aromatic rings. The van der Waals surface area contributed by atoms with Crippen molar-refractivity contribution in [2.45, 2.75) is 12.8 Å². The van der Waals surface area contributed by atoms with Gasteiger partial charge in [0.1, 0.15) is 0 Å². The smallest absolute Gasteiger partial charge is 0.303 e. The van der Waals surface area contributed by atoms with Crippen LogP contribution >= 0.6 is 0 Å². The fourth-order valence-electron chi connectivity index (χ4n) is 1.86. The minimum Gasteiger partial charge on any atom is -0.481 e. The monoisotopic (exact) mass is 276 g/mol. The Bertz CT molecular complexity index is 674. The van der Waals surface area contributed by atoms with Crippen molar-refractivity contribution < 1.29 is 9.90 Å². The summed E-state index contributed by atoms with van der Waals surface area (Å²) in [5, 5.41) is 8.74. The third-order valence-corrected chi connectivity index (χ3v) is 2.91. The average Bonchev–Trinajstić information content (AvgIpc) is 2.52. The summed E-state index contributed by atoms with van der Waals surface area (Å²) in [7, 11) is 0. The third-order valence-electron chi connectivity index (χ3n) is 2.91. The van der Waals surface area contributed by atoms with Gasteiger partial charge in [0.05, 0.1) is 0 Å². The molecule has 2 nitrogen and oxygen atoms in total. The molecule has 21 heavy (non-hydrogen) atoms. The topological polar surface area (TPSA) is 37.3 Å². The lowest BCUT2D eigenvalue weighted by Gasteiger charge is -2.00. The van der Waals surface area contributed by atoms with E-state index >= 15 is 0 Å². The van der Waals surface area contributed by atoms with Crippen molar-refractivity contribution in [2.75, 3.05) is 0 Å². The van der Waals surface area contributed by atoms with Gasteiger partial charge >= 0.3 is 5.97 Å². The Morgan fingerprint density at radius 1 is 1.00 bits per heavy atom. The molecule has 0 saturated heterocycles. The van der Waals surface area contributed by atoms with E-state index in [4.69, 9.17) is 5.11 Å². The number of carboxylic acids is 1. The van der Waals surface area contributed by atoms with Crippen LogP contribution < -0.4 is 0 Å². The van der Waals surface area contributed by atoms with Crippen molar-refractivity contribution in [1.82, 2.24) is 0 Å². The van der Waals surface area contributed by atoms with Crippen molar-refractivity contribution in [3.63, 3.8) is 0 Å². The summed E-state index contributed by atoms with van der Waals surface area (Å²) in [6.07, 6.45) is 2.48. The summed E-state index contributed by atoms with van der Waals surface area (Å²) in [5.41, 5.74) is 2.81. The largest absolute Gasteiger partial charge is 0.481 e. The molecule has 0 fully saturated rings. The molecule has 0 aromatic heterocycles. The van der Waals surface area contributed by atoms with Crippen LogP contribution in [0.2, 0.25) is 0 Å². The van der Waals surface area contributed by atoms with Crippen LogP contribution in [0.3, 0.4) is 0 Å². The van der Waals surface area contributed by atoms with Gasteiger partial charge in [0, 0.05) is 17.6 Å². The van der Waals surface area contributed by atoms with Crippen LogP contribution in [-0.4, -0.2) is 11.1 Å². The molecule has 1 N–H and O–H groups in total. The maximum Gasteiger partial charge on any atom is 0.303 e. The van der Waals surface area contributed by atoms with Crippen LogP contribution in [0, 0.1) is 11.8 Å². The first kappa shape index (κ1) is 14.6. The second kappa shape index (κ2) is 7.72. The molecule has 0 aliphatic heterocycles. The van der Waals surface area contributed by atoms with Crippen LogP contribution in [-0.2, 0) is 4.79 Å². The Balaban J connectivity index is 2.25. The highest BCUT2D eigenvalue weighted by Crippen LogP contribution is 2.15. The summed E-state index contributed by atoms with van der Waals surface area (Å²) in [6, 6.07) is 19.5. The molecule has 0 spiro atoms. The molecule has 0 saturated carbocycles. The SMILES string of the molecule is O=C(O)CC/C=C(\C#Cc1ccccc1)c1ccccc1. The number of carbonyl (C=O) groups is 1. The second-order valence-corrected chi connectivity index (χ2v) is 4.53. The zero-order chi connectivity index (χ0) is 14.9. The normalized spacial score (nSPS) is 10.6. The number of carboxylic acid groups (broad SMARTS) is 1. The van der Waals surface area contributed by atoms with Crippen molar-refractivity contribution in [3.05, 3.63) is 77.9 Å². The predicted octanol–water partition coefficient (Wildman–Crippen LogP) is 3.99. The number of aliphatic carboxylic acids is 1. The molecule has 2 heteroatoms. The van der Waals surface area contributed by atoms with Gasteiger partial charge in [-0.05, 0) is 24.1 Å². The number of benzene rings is 2. The highest BCUT2D eigenvalue weighted by atomic mass is 16.4. The number of rotatable bonds is 4. The van der Waals surface area contributed by atoms with Crippen LogP contribution in [0.15, 0.2) is 66.7 Å². The minimum absolute atomic E-state index is 0.114. The van der Waals surface area contributed by atoms with Gasteiger partial charge < -0.3 is 5.11 Å².